The van der Waals surface area contributed by atoms with Crippen molar-refractivity contribution in [3.05, 3.63) is 388 Å². The van der Waals surface area contributed by atoms with Gasteiger partial charge in [-0.1, -0.05) is 197 Å². The van der Waals surface area contributed by atoms with Crippen molar-refractivity contribution in [2.75, 3.05) is 0 Å². The van der Waals surface area contributed by atoms with Crippen LogP contribution in [0.2, 0.25) is 5.02 Å². The van der Waals surface area contributed by atoms with Gasteiger partial charge in [0.15, 0.2) is 63.6 Å². The third kappa shape index (κ3) is 22.7. The molecular formula is C88H59BrClF13N18S6. The van der Waals surface area contributed by atoms with Gasteiger partial charge in [0.2, 0.25) is 0 Å². The summed E-state index contributed by atoms with van der Waals surface area (Å²) in [5.74, 6) is 2.93. The van der Waals surface area contributed by atoms with E-state index in [1.807, 2.05) is 214 Å². The average Bonchev–Trinajstić information content (AvgIpc) is 1.74. The van der Waals surface area contributed by atoms with E-state index in [0.717, 1.165) is 90.0 Å². The van der Waals surface area contributed by atoms with Gasteiger partial charge >= 0.3 is 24.7 Å². The molecule has 18 aromatic rings. The molecule has 6 aromatic heterocycles. The normalized spacial score (nSPS) is 11.3. The van der Waals surface area contributed by atoms with E-state index in [9.17, 15) is 57.1 Å². The van der Waals surface area contributed by atoms with E-state index in [4.69, 9.17) is 84.9 Å². The number of benzene rings is 12. The number of aromatic nitrogens is 18. The highest BCUT2D eigenvalue weighted by Gasteiger charge is 2.38. The fourth-order valence-corrected chi connectivity index (χ4v) is 14.3. The maximum absolute atomic E-state index is 13.1. The maximum Gasteiger partial charge on any atom is 0.416 e. The van der Waals surface area contributed by atoms with E-state index in [1.165, 1.54) is 30.3 Å². The molecule has 12 aromatic carbocycles. The largest absolute Gasteiger partial charge is 0.416 e. The third-order valence-electron chi connectivity index (χ3n) is 18.2. The Balaban J connectivity index is 0.000000131. The second-order valence-corrected chi connectivity index (χ2v) is 30.3. The van der Waals surface area contributed by atoms with Crippen LogP contribution in [-0.2, 0) is 24.7 Å². The molecular weight excluding hydrogens is 1860 g/mol. The molecule has 0 fully saturated rings. The van der Waals surface area contributed by atoms with Crippen molar-refractivity contribution < 1.29 is 57.1 Å². The second-order valence-electron chi connectivity index (χ2n) is 26.6. The van der Waals surface area contributed by atoms with E-state index in [1.54, 1.807) is 57.7 Å². The van der Waals surface area contributed by atoms with E-state index < -0.39 is 47.0 Å². The average molecular weight is 1920 g/mol. The number of halogens is 15. The Hall–Kier alpha value is -13.3. The molecule has 0 atom stereocenters. The minimum Gasteiger partial charge on any atom is -0.268 e. The Morgan fingerprint density at radius 1 is 0.236 bits per heavy atom. The SMILES string of the molecule is FC(F)(F)c1cc(-n2c(-c3ccccc3)n[nH]c2=S)cc(C(F)(F)F)c1.FC(F)(F)c1ccc(-n2c(-c3ccccc3)n[nH]c2=S)cc1.FC(F)(F)c1cccc(-c2n[nH]c(=S)n2-c2ccccc2)c1.Fc1ccc(-c2n[nH]c(=S)n2-c2ccccc2)cc1.S=c1[nH]nc(-c2cccc(Cl)c2)n1-c1ccccc1.S=c1[nH]nc(-c2ccccc2)n1-c1ccc(Br)cc1. The van der Waals surface area contributed by atoms with Crippen LogP contribution in [0.4, 0.5) is 57.1 Å². The number of aromatic amines is 6. The fourth-order valence-electron chi connectivity index (χ4n) is 12.4. The van der Waals surface area contributed by atoms with Crippen molar-refractivity contribution in [1.82, 2.24) is 88.6 Å². The van der Waals surface area contributed by atoms with Crippen LogP contribution in [0.25, 0.3) is 102 Å². The van der Waals surface area contributed by atoms with Crippen molar-refractivity contribution in [2.45, 2.75) is 24.7 Å². The minimum atomic E-state index is -4.95. The maximum atomic E-state index is 13.1. The van der Waals surface area contributed by atoms with Gasteiger partial charge in [0.1, 0.15) is 5.82 Å². The molecule has 39 heteroatoms. The molecule has 127 heavy (non-hydrogen) atoms. The smallest absolute Gasteiger partial charge is 0.268 e. The Bertz CT molecular complexity index is 7090. The number of H-pyrrole nitrogens is 6. The highest BCUT2D eigenvalue weighted by atomic mass is 79.9. The standard InChI is InChI=1S/C16H9F6N3S.2C15H10F3N3S.C14H10BrN3S.C14H10ClN3S.C14H10FN3S/c17-15(18,19)10-6-11(16(20,21)22)8-12(7-10)25-13(23-24-14(25)26)9-4-2-1-3-5-9;16-15(17,18)11-6-4-5-10(9-11)13-19-20-14(22)21(13)12-7-2-1-3-8-12;16-15(17,18)11-6-8-12(9-7-11)21-13(19-20-14(21)22)10-4-2-1-3-5-10;15-11-6-8-12(9-7-11)18-13(16-17-14(18)19)10-4-2-1-3-5-10;15-11-6-4-5-10(9-11)13-16-17-14(19)18(13)12-7-2-1-3-8-12;15-11-8-6-10(7-9-11)13-16-17-14(19)18(13)12-4-2-1-3-5-12/h1-8H,(H,24,26);2*1-9H,(H,20,22);3*1-9H,(H,17,19). The molecule has 0 saturated carbocycles. The summed E-state index contributed by atoms with van der Waals surface area (Å²) in [7, 11) is 0. The Morgan fingerprint density at radius 2 is 0.488 bits per heavy atom. The number of alkyl halides is 12. The van der Waals surface area contributed by atoms with Crippen LogP contribution < -0.4 is 0 Å². The molecule has 0 radical (unpaired) electrons. The van der Waals surface area contributed by atoms with Crippen molar-refractivity contribution in [3.8, 4) is 102 Å². The molecule has 0 aliphatic rings. The summed E-state index contributed by atoms with van der Waals surface area (Å²) in [5.41, 5.74) is 3.84. The van der Waals surface area contributed by atoms with Gasteiger partial charge in [-0.3, -0.25) is 58.0 Å². The number of nitrogens with one attached hydrogen (secondary N) is 6. The zero-order valence-corrected chi connectivity index (χ0v) is 71.8. The predicted octanol–water partition coefficient (Wildman–Crippen LogP) is 27.2. The van der Waals surface area contributed by atoms with Gasteiger partial charge in [-0.05, 0) is 225 Å². The number of nitrogens with zero attached hydrogens (tertiary/aromatic N) is 12. The van der Waals surface area contributed by atoms with Gasteiger partial charge in [-0.2, -0.15) is 83.3 Å². The predicted molar refractivity (Wildman–Crippen MR) is 478 cm³/mol. The first-order valence-corrected chi connectivity index (χ1v) is 40.7. The lowest BCUT2D eigenvalue weighted by molar-refractivity contribution is -0.143. The second kappa shape index (κ2) is 40.3. The molecule has 6 N–H and O–H groups in total. The molecule has 18 rings (SSSR count). The molecule has 642 valence electrons. The first-order chi connectivity index (χ1) is 60.8. The Morgan fingerprint density at radius 3 is 0.795 bits per heavy atom. The first-order valence-electron chi connectivity index (χ1n) is 37.1. The molecule has 0 amide bonds. The lowest BCUT2D eigenvalue weighted by atomic mass is 10.1. The summed E-state index contributed by atoms with van der Waals surface area (Å²) in [6.07, 6.45) is -18.7. The van der Waals surface area contributed by atoms with Crippen LogP contribution >= 0.6 is 101 Å². The lowest BCUT2D eigenvalue weighted by Crippen LogP contribution is -2.12. The van der Waals surface area contributed by atoms with Crippen LogP contribution in [0.15, 0.2) is 326 Å². The lowest BCUT2D eigenvalue weighted by Gasteiger charge is -2.15. The van der Waals surface area contributed by atoms with Crippen LogP contribution in [-0.4, -0.2) is 88.6 Å². The summed E-state index contributed by atoms with van der Waals surface area (Å²) >= 11 is 40.7. The summed E-state index contributed by atoms with van der Waals surface area (Å²) in [6, 6.07) is 88.9. The molecule has 0 aliphatic carbocycles. The van der Waals surface area contributed by atoms with Crippen molar-refractivity contribution >= 4 is 101 Å². The molecule has 0 bridgehead atoms. The quantitative estimate of drug-likeness (QED) is 0.0500. The van der Waals surface area contributed by atoms with Crippen LogP contribution in [0, 0.1) is 34.4 Å². The third-order valence-corrected chi connectivity index (χ3v) is 20.6. The monoisotopic (exact) mass is 1920 g/mol. The van der Waals surface area contributed by atoms with Crippen LogP contribution in [0.1, 0.15) is 22.3 Å². The number of hydrogen-bond donors (Lipinski definition) is 6. The molecule has 0 aliphatic heterocycles. The number of rotatable bonds is 12. The van der Waals surface area contributed by atoms with Gasteiger partial charge in [-0.15, -0.1) is 0 Å². The van der Waals surface area contributed by atoms with E-state index in [0.29, 0.717) is 75.3 Å². The molecule has 6 heterocycles. The Kier molecular flexibility index (Phi) is 29.0. The van der Waals surface area contributed by atoms with Crippen molar-refractivity contribution in [3.63, 3.8) is 0 Å². The summed E-state index contributed by atoms with van der Waals surface area (Å²) < 4.78 is 181. The summed E-state index contributed by atoms with van der Waals surface area (Å²) in [4.78, 5) is 0. The van der Waals surface area contributed by atoms with E-state index in [-0.39, 0.29) is 28.2 Å². The van der Waals surface area contributed by atoms with Crippen molar-refractivity contribution in [1.29, 1.82) is 0 Å². The van der Waals surface area contributed by atoms with Crippen LogP contribution in [0.5, 0.6) is 0 Å². The van der Waals surface area contributed by atoms with E-state index >= 15 is 0 Å². The zero-order chi connectivity index (χ0) is 90.3. The first kappa shape index (κ1) is 91.4. The molecule has 18 nitrogen and oxygen atoms in total. The highest BCUT2D eigenvalue weighted by molar-refractivity contribution is 9.10. The van der Waals surface area contributed by atoms with Crippen molar-refractivity contribution in [2.24, 2.45) is 0 Å². The zero-order valence-electron chi connectivity index (χ0n) is 64.6. The molecule has 0 saturated heterocycles. The van der Waals surface area contributed by atoms with Gasteiger partial charge in [0.05, 0.1) is 33.6 Å². The van der Waals surface area contributed by atoms with Gasteiger partial charge in [0, 0.05) is 65.6 Å². The minimum absolute atomic E-state index is 0.0649. The Labute approximate surface area is 755 Å². The van der Waals surface area contributed by atoms with E-state index in [2.05, 4.69) is 77.1 Å². The van der Waals surface area contributed by atoms with Gasteiger partial charge < -0.3 is 0 Å². The van der Waals surface area contributed by atoms with Gasteiger partial charge in [-0.25, -0.2) is 4.39 Å². The fraction of sp³-hybridized carbons (Fsp3) is 0.0455. The van der Waals surface area contributed by atoms with Gasteiger partial charge in [0.25, 0.3) is 0 Å². The summed E-state index contributed by atoms with van der Waals surface area (Å²) in [6.45, 7) is 0. The topological polar surface area (TPSA) is 202 Å². The summed E-state index contributed by atoms with van der Waals surface area (Å²) in [5, 5.41) is 41.8. The van der Waals surface area contributed by atoms with Crippen LogP contribution in [0.3, 0.4) is 0 Å². The number of hydrogen-bond acceptors (Lipinski definition) is 12. The molecule has 0 unspecified atom stereocenters. The molecule has 0 spiro atoms. The number of para-hydroxylation sites is 3. The highest BCUT2D eigenvalue weighted by Crippen LogP contribution is 2.40.